The average molecular weight is 472 g/mol. The molecule has 0 aromatic heterocycles. The third-order valence-electron chi connectivity index (χ3n) is 6.74. The fraction of sp³-hybridized carbons (Fsp3) is 0.600. The first-order chi connectivity index (χ1) is 14.7. The van der Waals surface area contributed by atoms with Gasteiger partial charge in [-0.25, -0.2) is 17.6 Å². The SMILES string of the molecule is O=C1CO[C@H]2CCN(C(=O)N3CC4(C3)CN(S(=O)(=O)c3ccc(F)cc3Cl)C4)C[C@H]2C1. The number of hydrogen-bond donors (Lipinski definition) is 0. The number of fused-ring (bicyclic) bond motifs is 1. The van der Waals surface area contributed by atoms with Crippen molar-refractivity contribution in [3.05, 3.63) is 29.0 Å². The number of carbonyl (C=O) groups excluding carboxylic acids is 2. The first kappa shape index (κ1) is 21.1. The molecule has 0 unspecified atom stereocenters. The normalized spacial score (nSPS) is 28.1. The van der Waals surface area contributed by atoms with Gasteiger partial charge in [0.1, 0.15) is 17.3 Å². The number of hydrogen-bond acceptors (Lipinski definition) is 5. The topological polar surface area (TPSA) is 87.2 Å². The van der Waals surface area contributed by atoms with Gasteiger partial charge in [-0.15, -0.1) is 0 Å². The molecule has 11 heteroatoms. The van der Waals surface area contributed by atoms with Gasteiger partial charge >= 0.3 is 6.03 Å². The first-order valence-corrected chi connectivity index (χ1v) is 12.1. The summed E-state index contributed by atoms with van der Waals surface area (Å²) in [5.74, 6) is -0.458. The molecular formula is C20H23ClFN3O5S. The third-order valence-corrected chi connectivity index (χ3v) is 9.02. The second-order valence-corrected chi connectivity index (χ2v) is 11.4. The number of likely N-dealkylation sites (tertiary alicyclic amines) is 2. The number of rotatable bonds is 2. The van der Waals surface area contributed by atoms with E-state index >= 15 is 0 Å². The number of ketones is 1. The molecule has 0 bridgehead atoms. The van der Waals surface area contributed by atoms with Gasteiger partial charge < -0.3 is 14.5 Å². The highest BCUT2D eigenvalue weighted by atomic mass is 35.5. The van der Waals surface area contributed by atoms with Crippen molar-refractivity contribution in [3.63, 3.8) is 0 Å². The summed E-state index contributed by atoms with van der Waals surface area (Å²) in [7, 11) is -3.80. The molecule has 4 aliphatic rings. The van der Waals surface area contributed by atoms with Gasteiger partial charge in [0.2, 0.25) is 10.0 Å². The van der Waals surface area contributed by atoms with E-state index in [4.69, 9.17) is 16.3 Å². The maximum absolute atomic E-state index is 13.2. The van der Waals surface area contributed by atoms with Crippen LogP contribution in [0.3, 0.4) is 0 Å². The maximum atomic E-state index is 13.2. The molecule has 5 rings (SSSR count). The highest BCUT2D eigenvalue weighted by Gasteiger charge is 2.57. The van der Waals surface area contributed by atoms with Crippen LogP contribution in [0.15, 0.2) is 23.1 Å². The maximum Gasteiger partial charge on any atom is 0.320 e. The Bertz CT molecular complexity index is 1040. The molecule has 0 N–H and O–H groups in total. The van der Waals surface area contributed by atoms with E-state index in [1.165, 1.54) is 10.4 Å². The lowest BCUT2D eigenvalue weighted by molar-refractivity contribution is -0.140. The van der Waals surface area contributed by atoms with E-state index in [2.05, 4.69) is 0 Å². The van der Waals surface area contributed by atoms with Crippen LogP contribution in [0, 0.1) is 17.2 Å². The van der Waals surface area contributed by atoms with E-state index in [9.17, 15) is 22.4 Å². The van der Waals surface area contributed by atoms with Gasteiger partial charge in [0, 0.05) is 57.0 Å². The molecule has 4 fully saturated rings. The predicted octanol–water partition coefficient (Wildman–Crippen LogP) is 1.59. The Morgan fingerprint density at radius 1 is 1.19 bits per heavy atom. The van der Waals surface area contributed by atoms with Crippen LogP contribution in [0.2, 0.25) is 5.02 Å². The first-order valence-electron chi connectivity index (χ1n) is 10.3. The summed E-state index contributed by atoms with van der Waals surface area (Å²) in [6.45, 7) is 2.89. The van der Waals surface area contributed by atoms with E-state index in [1.807, 2.05) is 0 Å². The molecule has 8 nitrogen and oxygen atoms in total. The fourth-order valence-corrected chi connectivity index (χ4v) is 7.32. The molecule has 2 atom stereocenters. The number of nitrogens with zero attached hydrogens (tertiary/aromatic N) is 3. The van der Waals surface area contributed by atoms with Gasteiger partial charge in [-0.2, -0.15) is 4.31 Å². The summed E-state index contributed by atoms with van der Waals surface area (Å²) < 4.78 is 45.7. The van der Waals surface area contributed by atoms with Crippen molar-refractivity contribution < 1.29 is 27.1 Å². The van der Waals surface area contributed by atoms with Crippen molar-refractivity contribution >= 4 is 33.4 Å². The molecule has 0 aliphatic carbocycles. The second-order valence-electron chi connectivity index (χ2n) is 9.07. The summed E-state index contributed by atoms with van der Waals surface area (Å²) in [4.78, 5) is 28.0. The van der Waals surface area contributed by atoms with Crippen LogP contribution in [-0.2, 0) is 19.6 Å². The highest BCUT2D eigenvalue weighted by Crippen LogP contribution is 2.43. The second kappa shape index (κ2) is 7.40. The van der Waals surface area contributed by atoms with Crippen molar-refractivity contribution in [1.29, 1.82) is 0 Å². The van der Waals surface area contributed by atoms with Gasteiger partial charge in [0.05, 0.1) is 11.1 Å². The van der Waals surface area contributed by atoms with E-state index in [0.29, 0.717) is 45.7 Å². The summed E-state index contributed by atoms with van der Waals surface area (Å²) in [5, 5.41) is -0.139. The van der Waals surface area contributed by atoms with Gasteiger partial charge in [-0.05, 0) is 24.6 Å². The number of Topliss-reactive ketones (excluding diaryl/α,β-unsaturated/α-hetero) is 1. The van der Waals surface area contributed by atoms with Crippen molar-refractivity contribution in [2.24, 2.45) is 11.3 Å². The summed E-state index contributed by atoms with van der Waals surface area (Å²) in [5.41, 5.74) is -0.239. The molecular weight excluding hydrogens is 449 g/mol. The van der Waals surface area contributed by atoms with Crippen molar-refractivity contribution in [2.75, 3.05) is 45.9 Å². The number of benzene rings is 1. The molecule has 4 saturated heterocycles. The van der Waals surface area contributed by atoms with Crippen molar-refractivity contribution in [2.45, 2.75) is 23.8 Å². The third kappa shape index (κ3) is 3.63. The van der Waals surface area contributed by atoms with Gasteiger partial charge in [0.15, 0.2) is 5.78 Å². The molecule has 0 radical (unpaired) electrons. The van der Waals surface area contributed by atoms with Crippen LogP contribution in [0.4, 0.5) is 9.18 Å². The minimum Gasteiger partial charge on any atom is -0.370 e. The largest absolute Gasteiger partial charge is 0.370 e. The molecule has 1 aromatic carbocycles. The lowest BCUT2D eigenvalue weighted by Crippen LogP contribution is -2.74. The van der Waals surface area contributed by atoms with Crippen LogP contribution >= 0.6 is 11.6 Å². The highest BCUT2D eigenvalue weighted by molar-refractivity contribution is 7.89. The van der Waals surface area contributed by atoms with Crippen LogP contribution in [0.5, 0.6) is 0 Å². The molecule has 4 aliphatic heterocycles. The monoisotopic (exact) mass is 471 g/mol. The number of piperidine rings is 1. The molecule has 31 heavy (non-hydrogen) atoms. The summed E-state index contributed by atoms with van der Waals surface area (Å²) in [6.07, 6.45) is 1.23. The Morgan fingerprint density at radius 3 is 2.65 bits per heavy atom. The molecule has 1 aromatic rings. The number of halogens is 2. The minimum absolute atomic E-state index is 0.0492. The smallest absolute Gasteiger partial charge is 0.320 e. The average Bonchev–Trinajstić information content (AvgIpc) is 2.64. The number of urea groups is 1. The molecule has 4 heterocycles. The van der Waals surface area contributed by atoms with Gasteiger partial charge in [0.25, 0.3) is 0 Å². The number of ether oxygens (including phenoxy) is 1. The van der Waals surface area contributed by atoms with E-state index in [-0.39, 0.29) is 45.8 Å². The molecule has 0 saturated carbocycles. The minimum atomic E-state index is -3.80. The van der Waals surface area contributed by atoms with Crippen molar-refractivity contribution in [3.8, 4) is 0 Å². The van der Waals surface area contributed by atoms with E-state index in [1.54, 1.807) is 9.80 Å². The molecule has 168 valence electrons. The Balaban J connectivity index is 1.16. The summed E-state index contributed by atoms with van der Waals surface area (Å²) >= 11 is 5.93. The predicted molar refractivity (Wildman–Crippen MR) is 109 cm³/mol. The number of carbonyl (C=O) groups is 2. The Labute approximate surface area is 184 Å². The molecule has 1 spiro atoms. The van der Waals surface area contributed by atoms with E-state index < -0.39 is 15.8 Å². The Hall–Kier alpha value is -1.75. The Morgan fingerprint density at radius 2 is 1.94 bits per heavy atom. The van der Waals surface area contributed by atoms with Crippen LogP contribution < -0.4 is 0 Å². The van der Waals surface area contributed by atoms with Gasteiger partial charge in [-0.1, -0.05) is 11.6 Å². The number of amides is 2. The summed E-state index contributed by atoms with van der Waals surface area (Å²) in [6, 6.07) is 3.18. The molecule has 2 amide bonds. The van der Waals surface area contributed by atoms with Gasteiger partial charge in [-0.3, -0.25) is 4.79 Å². The lowest BCUT2D eigenvalue weighted by atomic mass is 9.74. The zero-order valence-electron chi connectivity index (χ0n) is 16.8. The fourth-order valence-electron chi connectivity index (χ4n) is 5.15. The number of sulfonamides is 1. The zero-order chi connectivity index (χ0) is 22.0. The van der Waals surface area contributed by atoms with Crippen LogP contribution in [-0.4, -0.2) is 86.3 Å². The lowest BCUT2D eigenvalue weighted by Gasteiger charge is -2.60. The standard InChI is InChI=1S/C20H23ClFN3O5S/c21-16-6-14(22)1-2-18(16)31(28,29)25-11-20(12-25)9-24(10-20)19(27)23-4-3-17-13(7-23)5-15(26)8-30-17/h1-2,6,13,17H,3-5,7-12H2/t13-,17+/m1/s1. The van der Waals surface area contributed by atoms with Crippen molar-refractivity contribution in [1.82, 2.24) is 14.1 Å². The van der Waals surface area contributed by atoms with E-state index in [0.717, 1.165) is 18.6 Å². The zero-order valence-corrected chi connectivity index (χ0v) is 18.4. The van der Waals surface area contributed by atoms with Crippen LogP contribution in [0.25, 0.3) is 0 Å². The van der Waals surface area contributed by atoms with Crippen LogP contribution in [0.1, 0.15) is 12.8 Å². The Kier molecular flexibility index (Phi) is 5.04. The quantitative estimate of drug-likeness (QED) is 0.653.